The van der Waals surface area contributed by atoms with E-state index in [1.807, 2.05) is 35.7 Å². The van der Waals surface area contributed by atoms with E-state index in [1.54, 1.807) is 23.7 Å². The SMILES string of the molecule is O=C(Cc1csc(-c2cccnc2)n1)NC(c1ccccc1)C1CCCC1. The molecule has 0 aliphatic heterocycles. The van der Waals surface area contributed by atoms with Crippen LogP contribution in [-0.2, 0) is 11.2 Å². The van der Waals surface area contributed by atoms with Gasteiger partial charge in [0.15, 0.2) is 0 Å². The van der Waals surface area contributed by atoms with Crippen LogP contribution in [0, 0.1) is 5.92 Å². The van der Waals surface area contributed by atoms with Crippen LogP contribution >= 0.6 is 11.3 Å². The average molecular weight is 378 g/mol. The molecule has 4 rings (SSSR count). The molecule has 0 spiro atoms. The number of carbonyl (C=O) groups excluding carboxylic acids is 1. The highest BCUT2D eigenvalue weighted by Gasteiger charge is 2.27. The Morgan fingerprint density at radius 2 is 1.96 bits per heavy atom. The highest BCUT2D eigenvalue weighted by atomic mass is 32.1. The summed E-state index contributed by atoms with van der Waals surface area (Å²) >= 11 is 1.55. The number of nitrogens with one attached hydrogen (secondary N) is 1. The van der Waals surface area contributed by atoms with Crippen LogP contribution in [0.1, 0.15) is 43.0 Å². The summed E-state index contributed by atoms with van der Waals surface area (Å²) in [5.74, 6) is 0.566. The fourth-order valence-corrected chi connectivity index (χ4v) is 4.63. The number of hydrogen-bond donors (Lipinski definition) is 1. The minimum absolute atomic E-state index is 0.0405. The molecule has 27 heavy (non-hydrogen) atoms. The molecule has 1 unspecified atom stereocenters. The van der Waals surface area contributed by atoms with Crippen molar-refractivity contribution < 1.29 is 4.79 Å². The van der Waals surface area contributed by atoms with E-state index in [0.29, 0.717) is 12.3 Å². The molecular formula is C22H23N3OS. The molecule has 1 aliphatic carbocycles. The van der Waals surface area contributed by atoms with Gasteiger partial charge in [0.25, 0.3) is 0 Å². The first-order valence-corrected chi connectivity index (χ1v) is 10.4. The highest BCUT2D eigenvalue weighted by Crippen LogP contribution is 2.35. The number of aromatic nitrogens is 2. The van der Waals surface area contributed by atoms with Crippen molar-refractivity contribution in [1.82, 2.24) is 15.3 Å². The van der Waals surface area contributed by atoms with Gasteiger partial charge in [0.2, 0.25) is 5.91 Å². The summed E-state index contributed by atoms with van der Waals surface area (Å²) in [4.78, 5) is 21.5. The van der Waals surface area contributed by atoms with Gasteiger partial charge in [-0.05, 0) is 36.5 Å². The quantitative estimate of drug-likeness (QED) is 0.672. The molecule has 4 nitrogen and oxygen atoms in total. The molecule has 5 heteroatoms. The van der Waals surface area contributed by atoms with Gasteiger partial charge >= 0.3 is 0 Å². The van der Waals surface area contributed by atoms with Crippen molar-refractivity contribution in [1.29, 1.82) is 0 Å². The minimum atomic E-state index is 0.0405. The lowest BCUT2D eigenvalue weighted by Gasteiger charge is -2.25. The fourth-order valence-electron chi connectivity index (χ4n) is 3.82. The van der Waals surface area contributed by atoms with Gasteiger partial charge in [0.05, 0.1) is 18.2 Å². The lowest BCUT2D eigenvalue weighted by Crippen LogP contribution is -2.33. The van der Waals surface area contributed by atoms with E-state index in [2.05, 4.69) is 27.4 Å². The van der Waals surface area contributed by atoms with Gasteiger partial charge < -0.3 is 5.32 Å². The van der Waals surface area contributed by atoms with Crippen molar-refractivity contribution in [3.05, 3.63) is 71.5 Å². The number of hydrogen-bond acceptors (Lipinski definition) is 4. The summed E-state index contributed by atoms with van der Waals surface area (Å²) in [5.41, 5.74) is 3.00. The molecule has 1 aliphatic rings. The van der Waals surface area contributed by atoms with E-state index in [-0.39, 0.29) is 11.9 Å². The number of thiazole rings is 1. The van der Waals surface area contributed by atoms with Crippen LogP contribution < -0.4 is 5.32 Å². The first-order chi connectivity index (χ1) is 13.3. The summed E-state index contributed by atoms with van der Waals surface area (Å²) in [6.07, 6.45) is 8.73. The van der Waals surface area contributed by atoms with E-state index in [0.717, 1.165) is 16.3 Å². The Bertz CT molecular complexity index is 873. The molecule has 0 radical (unpaired) electrons. The van der Waals surface area contributed by atoms with Crippen LogP contribution in [0.2, 0.25) is 0 Å². The molecule has 1 atom stereocenters. The largest absolute Gasteiger partial charge is 0.349 e. The Kier molecular flexibility index (Phi) is 5.58. The van der Waals surface area contributed by atoms with E-state index in [4.69, 9.17) is 0 Å². The smallest absolute Gasteiger partial charge is 0.226 e. The Morgan fingerprint density at radius 3 is 2.70 bits per heavy atom. The van der Waals surface area contributed by atoms with E-state index in [9.17, 15) is 4.79 Å². The molecule has 3 aromatic rings. The summed E-state index contributed by atoms with van der Waals surface area (Å²) in [6.45, 7) is 0. The number of nitrogens with zero attached hydrogens (tertiary/aromatic N) is 2. The highest BCUT2D eigenvalue weighted by molar-refractivity contribution is 7.13. The van der Waals surface area contributed by atoms with E-state index in [1.165, 1.54) is 31.2 Å². The molecule has 138 valence electrons. The third kappa shape index (κ3) is 4.42. The van der Waals surface area contributed by atoms with E-state index < -0.39 is 0 Å². The molecule has 1 amide bonds. The van der Waals surface area contributed by atoms with Crippen LogP contribution in [0.4, 0.5) is 0 Å². The second-order valence-corrected chi connectivity index (χ2v) is 7.92. The summed E-state index contributed by atoms with van der Waals surface area (Å²) in [6, 6.07) is 14.3. The van der Waals surface area contributed by atoms with Crippen molar-refractivity contribution >= 4 is 17.2 Å². The Labute approximate surface area is 163 Å². The van der Waals surface area contributed by atoms with Crippen LogP contribution in [0.25, 0.3) is 10.6 Å². The standard InChI is InChI=1S/C22H23N3OS/c26-20(13-19-15-27-22(24-19)18-11-6-12-23-14-18)25-21(17-9-4-5-10-17)16-7-2-1-3-8-16/h1-3,6-8,11-12,14-15,17,21H,4-5,9-10,13H2,(H,25,26). The zero-order valence-corrected chi connectivity index (χ0v) is 16.0. The monoisotopic (exact) mass is 377 g/mol. The molecule has 0 bridgehead atoms. The first-order valence-electron chi connectivity index (χ1n) is 9.49. The van der Waals surface area contributed by atoms with Crippen LogP contribution in [0.15, 0.2) is 60.2 Å². The van der Waals surface area contributed by atoms with Crippen LogP contribution in [0.3, 0.4) is 0 Å². The number of rotatable bonds is 6. The molecule has 2 aromatic heterocycles. The zero-order valence-electron chi connectivity index (χ0n) is 15.2. The maximum atomic E-state index is 12.7. The number of benzene rings is 1. The molecule has 0 saturated heterocycles. The Balaban J connectivity index is 1.45. The molecular weight excluding hydrogens is 354 g/mol. The Morgan fingerprint density at radius 1 is 1.15 bits per heavy atom. The van der Waals surface area contributed by atoms with Crippen molar-refractivity contribution in [2.45, 2.75) is 38.1 Å². The maximum Gasteiger partial charge on any atom is 0.226 e. The van der Waals surface area contributed by atoms with Gasteiger partial charge in [0.1, 0.15) is 5.01 Å². The summed E-state index contributed by atoms with van der Waals surface area (Å²) in [7, 11) is 0. The minimum Gasteiger partial charge on any atom is -0.349 e. The first kappa shape index (κ1) is 17.9. The Hall–Kier alpha value is -2.53. The number of pyridine rings is 1. The molecule has 2 heterocycles. The predicted octanol–water partition coefficient (Wildman–Crippen LogP) is 4.80. The second kappa shape index (κ2) is 8.44. The molecule has 1 N–H and O–H groups in total. The van der Waals surface area contributed by atoms with Gasteiger partial charge in [-0.1, -0.05) is 43.2 Å². The summed E-state index contributed by atoms with van der Waals surface area (Å²) < 4.78 is 0. The van der Waals surface area contributed by atoms with Crippen molar-refractivity contribution in [2.75, 3.05) is 0 Å². The van der Waals surface area contributed by atoms with Crippen LogP contribution in [0.5, 0.6) is 0 Å². The zero-order chi connectivity index (χ0) is 18.5. The van der Waals surface area contributed by atoms with Gasteiger partial charge in [-0.15, -0.1) is 11.3 Å². The average Bonchev–Trinajstić information content (AvgIpc) is 3.40. The summed E-state index contributed by atoms with van der Waals surface area (Å²) in [5, 5.41) is 6.16. The normalized spacial score (nSPS) is 15.6. The second-order valence-electron chi connectivity index (χ2n) is 7.06. The number of amides is 1. The van der Waals surface area contributed by atoms with Gasteiger partial charge in [0, 0.05) is 23.3 Å². The van der Waals surface area contributed by atoms with Gasteiger partial charge in [-0.25, -0.2) is 4.98 Å². The van der Waals surface area contributed by atoms with Crippen molar-refractivity contribution in [2.24, 2.45) is 5.92 Å². The fraction of sp³-hybridized carbons (Fsp3) is 0.318. The lowest BCUT2D eigenvalue weighted by atomic mass is 9.91. The van der Waals surface area contributed by atoms with Crippen molar-refractivity contribution in [3.8, 4) is 10.6 Å². The topological polar surface area (TPSA) is 54.9 Å². The van der Waals surface area contributed by atoms with Gasteiger partial charge in [-0.2, -0.15) is 0 Å². The molecule has 1 fully saturated rings. The lowest BCUT2D eigenvalue weighted by molar-refractivity contribution is -0.121. The van der Waals surface area contributed by atoms with Gasteiger partial charge in [-0.3, -0.25) is 9.78 Å². The number of carbonyl (C=O) groups is 1. The molecule has 1 aromatic carbocycles. The third-order valence-electron chi connectivity index (χ3n) is 5.15. The van der Waals surface area contributed by atoms with Crippen LogP contribution in [-0.4, -0.2) is 15.9 Å². The van der Waals surface area contributed by atoms with E-state index >= 15 is 0 Å². The molecule has 1 saturated carbocycles. The van der Waals surface area contributed by atoms with Crippen molar-refractivity contribution in [3.63, 3.8) is 0 Å². The third-order valence-corrected chi connectivity index (χ3v) is 6.09. The maximum absolute atomic E-state index is 12.7. The predicted molar refractivity (Wildman–Crippen MR) is 108 cm³/mol.